The second-order valence-corrected chi connectivity index (χ2v) is 4.21. The molecule has 1 saturated heterocycles. The van der Waals surface area contributed by atoms with E-state index in [-0.39, 0.29) is 0 Å². The molecule has 1 unspecified atom stereocenters. The van der Waals surface area contributed by atoms with E-state index in [1.54, 1.807) is 5.32 Å². The van der Waals surface area contributed by atoms with Crippen LogP contribution >= 0.6 is 0 Å². The van der Waals surface area contributed by atoms with E-state index in [9.17, 15) is 24.8 Å². The van der Waals surface area contributed by atoms with E-state index < -0.39 is 53.7 Å². The molecule has 1 rings (SSSR count). The molecule has 6 N–H and O–H groups in total. The molecule has 12 nitrogen and oxygen atoms in total. The molecule has 1 heterocycles. The molecule has 0 aromatic carbocycles. The topological polar surface area (TPSA) is 186 Å². The number of hydrogen-bond donors (Lipinski definition) is 5. The highest BCUT2D eigenvalue weighted by Gasteiger charge is 2.44. The van der Waals surface area contributed by atoms with E-state index in [2.05, 4.69) is 5.32 Å². The van der Waals surface area contributed by atoms with Crippen molar-refractivity contribution >= 4 is 11.9 Å². The van der Waals surface area contributed by atoms with E-state index in [0.29, 0.717) is 6.20 Å². The minimum Gasteiger partial charge on any atom is -0.399 e. The minimum atomic E-state index is -1.32. The summed E-state index contributed by atoms with van der Waals surface area (Å²) in [6, 6.07) is -1.12. The predicted molar refractivity (Wildman–Crippen MR) is 68.5 cm³/mol. The molecule has 0 bridgehead atoms. The van der Waals surface area contributed by atoms with Gasteiger partial charge in [0.2, 0.25) is 0 Å². The molecule has 0 radical (unpaired) electrons. The first-order valence-electron chi connectivity index (χ1n) is 6.01. The predicted octanol–water partition coefficient (Wildman–Crippen LogP) is -3.02. The maximum absolute atomic E-state index is 11.6. The molecule has 124 valence electrons. The molecule has 4 atom stereocenters. The lowest BCUT2D eigenvalue weighted by atomic mass is 10.1. The van der Waals surface area contributed by atoms with Crippen molar-refractivity contribution in [1.82, 2.24) is 10.6 Å². The van der Waals surface area contributed by atoms with Crippen molar-refractivity contribution < 1.29 is 34.2 Å². The van der Waals surface area contributed by atoms with Crippen molar-refractivity contribution in [2.45, 2.75) is 24.5 Å². The van der Waals surface area contributed by atoms with E-state index >= 15 is 0 Å². The summed E-state index contributed by atoms with van der Waals surface area (Å²) >= 11 is 0. The normalized spacial score (nSPS) is 28.2. The van der Waals surface area contributed by atoms with Gasteiger partial charge >= 0.3 is 17.6 Å². The summed E-state index contributed by atoms with van der Waals surface area (Å²) in [4.78, 5) is 32.4. The fourth-order valence-corrected chi connectivity index (χ4v) is 1.82. The smallest absolute Gasteiger partial charge is 0.349 e. The minimum absolute atomic E-state index is 0.443. The zero-order valence-corrected chi connectivity index (χ0v) is 11.5. The van der Waals surface area contributed by atoms with Crippen molar-refractivity contribution in [3.8, 4) is 0 Å². The zero-order chi connectivity index (χ0) is 16.9. The number of aliphatic hydroxyl groups is 2. The maximum atomic E-state index is 11.6. The first kappa shape index (κ1) is 17.8. The van der Waals surface area contributed by atoms with E-state index in [1.165, 1.54) is 7.11 Å². The number of aliphatic hydroxyl groups excluding tert-OH is 2. The number of carbonyl (C=O) groups is 2. The van der Waals surface area contributed by atoms with Crippen molar-refractivity contribution in [1.29, 1.82) is 0 Å². The molecule has 3 amide bonds. The molecule has 0 aliphatic carbocycles. The Labute approximate surface area is 124 Å². The van der Waals surface area contributed by atoms with Crippen LogP contribution in [0.4, 0.5) is 4.79 Å². The fraction of sp³-hybridized carbons (Fsp3) is 0.600. The Morgan fingerprint density at radius 3 is 2.64 bits per heavy atom. The third-order valence-corrected chi connectivity index (χ3v) is 2.88. The Bertz CT molecular complexity index is 482. The van der Waals surface area contributed by atoms with E-state index in [4.69, 9.17) is 20.3 Å². The number of rotatable bonds is 5. The third kappa shape index (κ3) is 3.88. The number of hydrogen-bond acceptors (Lipinski definition) is 9. The van der Waals surface area contributed by atoms with Crippen LogP contribution in [0.1, 0.15) is 0 Å². The number of nitrogens with two attached hydrogens (primary N) is 1. The molecule has 0 aromatic rings. The molecule has 12 heteroatoms. The lowest BCUT2D eigenvalue weighted by molar-refractivity contribution is -0.419. The van der Waals surface area contributed by atoms with Gasteiger partial charge < -0.3 is 30.7 Å². The Morgan fingerprint density at radius 2 is 2.18 bits per heavy atom. The number of imide groups is 1. The number of nitrogens with zero attached hydrogens (tertiary/aromatic N) is 1. The summed E-state index contributed by atoms with van der Waals surface area (Å²) < 4.78 is 10.1. The van der Waals surface area contributed by atoms with Gasteiger partial charge in [0.05, 0.1) is 17.7 Å². The number of nitrogens with one attached hydrogen (secondary N) is 2. The number of ether oxygens (including phenoxy) is 2. The third-order valence-electron chi connectivity index (χ3n) is 2.88. The first-order valence-corrected chi connectivity index (χ1v) is 6.01. The van der Waals surface area contributed by atoms with Gasteiger partial charge in [-0.1, -0.05) is 0 Å². The molecule has 1 aliphatic rings. The van der Waals surface area contributed by atoms with Crippen LogP contribution in [0.25, 0.3) is 0 Å². The average Bonchev–Trinajstić information content (AvgIpc) is 2.74. The van der Waals surface area contributed by atoms with Gasteiger partial charge in [-0.3, -0.25) is 20.2 Å². The first-order chi connectivity index (χ1) is 10.3. The molecular weight excluding hydrogens is 304 g/mol. The van der Waals surface area contributed by atoms with Crippen molar-refractivity contribution in [3.63, 3.8) is 0 Å². The Hall–Kier alpha value is -2.28. The summed E-state index contributed by atoms with van der Waals surface area (Å²) in [7, 11) is 1.25. The summed E-state index contributed by atoms with van der Waals surface area (Å²) in [6.45, 7) is -0.513. The molecule has 0 spiro atoms. The molecule has 1 fully saturated rings. The van der Waals surface area contributed by atoms with Gasteiger partial charge in [-0.15, -0.1) is 0 Å². The summed E-state index contributed by atoms with van der Waals surface area (Å²) in [5.41, 5.74) is 3.90. The SMILES string of the molecule is CO[C@H]1C(NC(=O)NC(=O)/C(=C\N)[N+](=O)[O-])O[C@H](CO)[C@H]1O. The molecule has 0 aromatic heterocycles. The molecular formula is C10H16N4O8. The summed E-state index contributed by atoms with van der Waals surface area (Å²) in [6.07, 6.45) is -3.89. The summed E-state index contributed by atoms with van der Waals surface area (Å²) in [5.74, 6) is -1.32. The molecule has 0 saturated carbocycles. The lowest BCUT2D eigenvalue weighted by Gasteiger charge is -2.19. The van der Waals surface area contributed by atoms with Crippen LogP contribution < -0.4 is 16.4 Å². The lowest BCUT2D eigenvalue weighted by Crippen LogP contribution is -2.50. The standard InChI is InChI=1S/C10H16N4O8/c1-21-7-6(16)5(3-15)22-9(7)13-10(18)12-8(17)4(2-11)14(19)20/h2,5-7,9,15-16H,3,11H2,1H3,(H2,12,13,17,18)/b4-2+/t5-,6-,7-,9?/m1/s1. The van der Waals surface area contributed by atoms with E-state index in [0.717, 1.165) is 0 Å². The Morgan fingerprint density at radius 1 is 1.55 bits per heavy atom. The second kappa shape index (κ2) is 7.65. The number of methoxy groups -OCH3 is 1. The zero-order valence-electron chi connectivity index (χ0n) is 11.5. The summed E-state index contributed by atoms with van der Waals surface area (Å²) in [5, 5.41) is 33.0. The van der Waals surface area contributed by atoms with Crippen LogP contribution in [0.5, 0.6) is 0 Å². The highest BCUT2D eigenvalue weighted by Crippen LogP contribution is 2.21. The van der Waals surface area contributed by atoms with Crippen LogP contribution in [-0.4, -0.2) is 65.3 Å². The van der Waals surface area contributed by atoms with Crippen molar-refractivity contribution in [2.24, 2.45) is 5.73 Å². The van der Waals surface area contributed by atoms with Gasteiger partial charge in [0.15, 0.2) is 6.23 Å². The fourth-order valence-electron chi connectivity index (χ4n) is 1.82. The van der Waals surface area contributed by atoms with Gasteiger partial charge in [-0.05, 0) is 0 Å². The largest absolute Gasteiger partial charge is 0.399 e. The van der Waals surface area contributed by atoms with Crippen molar-refractivity contribution in [3.05, 3.63) is 22.0 Å². The van der Waals surface area contributed by atoms with Gasteiger partial charge in [0.25, 0.3) is 0 Å². The number of amides is 3. The Balaban J connectivity index is 2.65. The quantitative estimate of drug-likeness (QED) is 0.199. The number of urea groups is 1. The van der Waals surface area contributed by atoms with Crippen LogP contribution in [0, 0.1) is 10.1 Å². The van der Waals surface area contributed by atoms with Gasteiger partial charge in [0.1, 0.15) is 18.3 Å². The van der Waals surface area contributed by atoms with Crippen LogP contribution in [0.2, 0.25) is 0 Å². The highest BCUT2D eigenvalue weighted by molar-refractivity contribution is 6.02. The number of carbonyl (C=O) groups excluding carboxylic acids is 2. The number of nitro groups is 1. The second-order valence-electron chi connectivity index (χ2n) is 4.21. The van der Waals surface area contributed by atoms with E-state index in [1.807, 2.05) is 0 Å². The molecule has 1 aliphatic heterocycles. The van der Waals surface area contributed by atoms with Crippen LogP contribution in [0.15, 0.2) is 11.9 Å². The van der Waals surface area contributed by atoms with Crippen molar-refractivity contribution in [2.75, 3.05) is 13.7 Å². The van der Waals surface area contributed by atoms with Gasteiger partial charge in [-0.2, -0.15) is 0 Å². The average molecular weight is 320 g/mol. The van der Waals surface area contributed by atoms with Crippen LogP contribution in [0.3, 0.4) is 0 Å². The van der Waals surface area contributed by atoms with Gasteiger partial charge in [-0.25, -0.2) is 4.79 Å². The van der Waals surface area contributed by atoms with Gasteiger partial charge in [0, 0.05) is 7.11 Å². The highest BCUT2D eigenvalue weighted by atomic mass is 16.6. The monoisotopic (exact) mass is 320 g/mol. The Kier molecular flexibility index (Phi) is 6.18. The molecule has 22 heavy (non-hydrogen) atoms. The maximum Gasteiger partial charge on any atom is 0.349 e. The van der Waals surface area contributed by atoms with Crippen LogP contribution in [-0.2, 0) is 14.3 Å².